The summed E-state index contributed by atoms with van der Waals surface area (Å²) in [4.78, 5) is 27.8. The quantitative estimate of drug-likeness (QED) is 0.390. The first-order valence-electron chi connectivity index (χ1n) is 12.6. The Morgan fingerprint density at radius 1 is 0.806 bits per heavy atom. The van der Waals surface area contributed by atoms with Crippen LogP contribution in [0.15, 0.2) is 67.0 Å². The van der Waals surface area contributed by atoms with Crippen LogP contribution < -0.4 is 4.90 Å². The van der Waals surface area contributed by atoms with Crippen molar-refractivity contribution < 1.29 is 0 Å². The van der Waals surface area contributed by atoms with Crippen LogP contribution in [0.5, 0.6) is 0 Å². The van der Waals surface area contributed by atoms with E-state index in [1.165, 1.54) is 24.1 Å². The predicted octanol–water partition coefficient (Wildman–Crippen LogP) is 4.35. The van der Waals surface area contributed by atoms with E-state index in [0.717, 1.165) is 41.7 Å². The monoisotopic (exact) mass is 479 g/mol. The third kappa shape index (κ3) is 5.91. The van der Waals surface area contributed by atoms with Gasteiger partial charge in [0.1, 0.15) is 11.5 Å². The van der Waals surface area contributed by atoms with Crippen LogP contribution in [0.4, 0.5) is 5.69 Å². The van der Waals surface area contributed by atoms with Crippen molar-refractivity contribution in [1.29, 1.82) is 0 Å². The summed E-state index contributed by atoms with van der Waals surface area (Å²) in [6, 6.07) is 19.3. The zero-order valence-electron chi connectivity index (χ0n) is 21.3. The summed E-state index contributed by atoms with van der Waals surface area (Å²) in [7, 11) is 4.36. The minimum atomic E-state index is 0.624. The highest BCUT2D eigenvalue weighted by Gasteiger charge is 2.20. The van der Waals surface area contributed by atoms with Gasteiger partial charge in [-0.2, -0.15) is 0 Å². The van der Waals surface area contributed by atoms with E-state index < -0.39 is 0 Å². The highest BCUT2D eigenvalue weighted by Crippen LogP contribution is 2.23. The van der Waals surface area contributed by atoms with Crippen LogP contribution in [0.25, 0.3) is 11.5 Å². The van der Waals surface area contributed by atoms with E-state index in [2.05, 4.69) is 63.1 Å². The third-order valence-corrected chi connectivity index (χ3v) is 6.81. The van der Waals surface area contributed by atoms with Crippen molar-refractivity contribution in [2.24, 2.45) is 0 Å². The molecule has 3 aromatic heterocycles. The number of aromatic nitrogens is 5. The molecule has 0 atom stereocenters. The van der Waals surface area contributed by atoms with Gasteiger partial charge in [-0.1, -0.05) is 18.2 Å². The molecular weight excluding hydrogens is 446 g/mol. The number of rotatable bonds is 7. The van der Waals surface area contributed by atoms with E-state index in [9.17, 15) is 0 Å². The summed E-state index contributed by atoms with van der Waals surface area (Å²) < 4.78 is 0. The summed E-state index contributed by atoms with van der Waals surface area (Å²) in [5, 5.41) is 0. The fourth-order valence-electron chi connectivity index (χ4n) is 4.74. The molecular formula is C29H33N7. The van der Waals surface area contributed by atoms with Gasteiger partial charge in [-0.25, -0.2) is 24.9 Å². The molecule has 5 rings (SSSR count). The van der Waals surface area contributed by atoms with Crippen molar-refractivity contribution in [3.05, 3.63) is 95.5 Å². The number of anilines is 1. The molecule has 4 heterocycles. The maximum absolute atomic E-state index is 4.81. The summed E-state index contributed by atoms with van der Waals surface area (Å²) >= 11 is 0. The lowest BCUT2D eigenvalue weighted by Gasteiger charge is -2.36. The molecule has 36 heavy (non-hydrogen) atoms. The molecule has 0 amide bonds. The van der Waals surface area contributed by atoms with Crippen LogP contribution in [-0.4, -0.2) is 63.0 Å². The van der Waals surface area contributed by atoms with E-state index in [4.69, 9.17) is 9.97 Å². The second-order valence-corrected chi connectivity index (χ2v) is 9.70. The predicted molar refractivity (Wildman–Crippen MR) is 143 cm³/mol. The van der Waals surface area contributed by atoms with E-state index >= 15 is 0 Å². The highest BCUT2D eigenvalue weighted by molar-refractivity contribution is 5.49. The number of piperidine rings is 1. The maximum Gasteiger partial charge on any atom is 0.178 e. The number of benzene rings is 1. The largest absolute Gasteiger partial charge is 0.371 e. The molecule has 0 unspecified atom stereocenters. The van der Waals surface area contributed by atoms with Gasteiger partial charge in [0.25, 0.3) is 0 Å². The fourth-order valence-corrected chi connectivity index (χ4v) is 4.74. The van der Waals surface area contributed by atoms with Crippen molar-refractivity contribution in [3.8, 4) is 11.5 Å². The Balaban J connectivity index is 1.23. The minimum Gasteiger partial charge on any atom is -0.371 e. The van der Waals surface area contributed by atoms with Gasteiger partial charge in [-0.05, 0) is 75.8 Å². The molecule has 4 aromatic rings. The Labute approximate surface area is 213 Å². The number of pyridine rings is 1. The van der Waals surface area contributed by atoms with Gasteiger partial charge in [-0.3, -0.25) is 0 Å². The van der Waals surface area contributed by atoms with Gasteiger partial charge in [0.2, 0.25) is 0 Å². The van der Waals surface area contributed by atoms with Crippen molar-refractivity contribution in [2.45, 2.75) is 38.6 Å². The lowest BCUT2D eigenvalue weighted by atomic mass is 10.0. The molecule has 0 saturated carbocycles. The van der Waals surface area contributed by atoms with Crippen LogP contribution in [0.3, 0.4) is 0 Å². The molecule has 0 bridgehead atoms. The smallest absolute Gasteiger partial charge is 0.178 e. The molecule has 1 saturated heterocycles. The summed E-state index contributed by atoms with van der Waals surface area (Å²) in [5.41, 5.74) is 6.11. The first-order valence-corrected chi connectivity index (χ1v) is 12.6. The number of hydrogen-bond donors (Lipinski definition) is 0. The SMILES string of the molecule is Cc1cccc(-c2nccc(Cc3ccnc(Cc4ccc(N5CCC(N(C)C)CC5)cc4)n3)n2)n1. The van der Waals surface area contributed by atoms with E-state index in [-0.39, 0.29) is 0 Å². The Bertz CT molecular complexity index is 1300. The molecule has 1 aliphatic heterocycles. The van der Waals surface area contributed by atoms with Crippen molar-refractivity contribution in [1.82, 2.24) is 29.8 Å². The zero-order chi connectivity index (χ0) is 24.9. The molecule has 1 aromatic carbocycles. The van der Waals surface area contributed by atoms with Crippen LogP contribution in [0.2, 0.25) is 0 Å². The number of hydrogen-bond acceptors (Lipinski definition) is 7. The van der Waals surface area contributed by atoms with Crippen molar-refractivity contribution >= 4 is 5.69 Å². The molecule has 7 heteroatoms. The maximum atomic E-state index is 4.81. The van der Waals surface area contributed by atoms with Crippen LogP contribution in [-0.2, 0) is 12.8 Å². The Morgan fingerprint density at radius 3 is 2.25 bits per heavy atom. The minimum absolute atomic E-state index is 0.624. The van der Waals surface area contributed by atoms with Crippen LogP contribution in [0, 0.1) is 6.92 Å². The summed E-state index contributed by atoms with van der Waals surface area (Å²) in [6.45, 7) is 4.19. The number of aryl methyl sites for hydroxylation is 1. The van der Waals surface area contributed by atoms with Crippen molar-refractivity contribution in [2.75, 3.05) is 32.1 Å². The zero-order valence-corrected chi connectivity index (χ0v) is 21.3. The van der Waals surface area contributed by atoms with E-state index in [1.54, 1.807) is 6.20 Å². The third-order valence-electron chi connectivity index (χ3n) is 6.81. The molecule has 1 aliphatic rings. The fraction of sp³-hybridized carbons (Fsp3) is 0.345. The molecule has 184 valence electrons. The topological polar surface area (TPSA) is 70.9 Å². The lowest BCUT2D eigenvalue weighted by molar-refractivity contribution is 0.249. The Morgan fingerprint density at radius 2 is 1.53 bits per heavy atom. The normalized spacial score (nSPS) is 14.4. The first kappa shape index (κ1) is 24.0. The molecule has 1 fully saturated rings. The Kier molecular flexibility index (Phi) is 7.28. The lowest BCUT2D eigenvalue weighted by Crippen LogP contribution is -2.41. The summed E-state index contributed by atoms with van der Waals surface area (Å²) in [5.74, 6) is 1.46. The average molecular weight is 480 g/mol. The number of nitrogens with zero attached hydrogens (tertiary/aromatic N) is 7. The van der Waals surface area contributed by atoms with Gasteiger partial charge >= 0.3 is 0 Å². The average Bonchev–Trinajstić information content (AvgIpc) is 2.90. The standard InChI is InChI=1S/C29H33N7/c1-21-5-4-6-27(32-21)29-31-16-12-24(34-29)20-23-11-15-30-28(33-23)19-22-7-9-26(10-8-22)36-17-13-25(14-18-36)35(2)3/h4-12,15-16,25H,13-14,17-20H2,1-3H3. The second-order valence-electron chi connectivity index (χ2n) is 9.70. The highest BCUT2D eigenvalue weighted by atomic mass is 15.2. The molecule has 0 N–H and O–H groups in total. The molecule has 7 nitrogen and oxygen atoms in total. The van der Waals surface area contributed by atoms with Gasteiger partial charge in [0.05, 0.1) is 11.4 Å². The molecule has 0 spiro atoms. The Hall–Kier alpha value is -3.71. The van der Waals surface area contributed by atoms with E-state index in [1.807, 2.05) is 43.5 Å². The molecule has 0 aliphatic carbocycles. The van der Waals surface area contributed by atoms with Gasteiger partial charge < -0.3 is 9.80 Å². The van der Waals surface area contributed by atoms with Gasteiger partial charge in [0.15, 0.2) is 5.82 Å². The van der Waals surface area contributed by atoms with Crippen molar-refractivity contribution in [3.63, 3.8) is 0 Å². The molecule has 0 radical (unpaired) electrons. The van der Waals surface area contributed by atoms with Gasteiger partial charge in [-0.15, -0.1) is 0 Å². The van der Waals surface area contributed by atoms with Crippen LogP contribution in [0.1, 0.15) is 41.3 Å². The summed E-state index contributed by atoms with van der Waals surface area (Å²) in [6.07, 6.45) is 7.38. The first-order chi connectivity index (χ1) is 17.5. The van der Waals surface area contributed by atoms with Gasteiger partial charge in [0, 0.05) is 55.7 Å². The van der Waals surface area contributed by atoms with E-state index in [0.29, 0.717) is 24.7 Å². The second kappa shape index (κ2) is 10.9. The van der Waals surface area contributed by atoms with Crippen LogP contribution >= 0.6 is 0 Å².